The van der Waals surface area contributed by atoms with Crippen molar-refractivity contribution in [1.29, 1.82) is 0 Å². The van der Waals surface area contributed by atoms with Crippen LogP contribution in [0.5, 0.6) is 0 Å². The Kier molecular flexibility index (Phi) is 3.85. The fourth-order valence-electron chi connectivity index (χ4n) is 3.23. The third kappa shape index (κ3) is 3.27. The molecule has 27 heavy (non-hydrogen) atoms. The van der Waals surface area contributed by atoms with Gasteiger partial charge in [-0.15, -0.1) is 10.2 Å². The molecule has 0 aliphatic heterocycles. The average molecular weight is 384 g/mol. The first-order chi connectivity index (χ1) is 13.1. The number of hydrogen-bond donors (Lipinski definition) is 3. The molecule has 9 heteroatoms. The van der Waals surface area contributed by atoms with E-state index in [1.54, 1.807) is 18.2 Å². The Labute approximate surface area is 159 Å². The first-order valence-corrected chi connectivity index (χ1v) is 10.1. The van der Waals surface area contributed by atoms with Crippen molar-refractivity contribution >= 4 is 34.4 Å². The van der Waals surface area contributed by atoms with Crippen LogP contribution >= 0.6 is 11.8 Å². The Morgan fingerprint density at radius 1 is 1.22 bits per heavy atom. The molecule has 2 aliphatic carbocycles. The van der Waals surface area contributed by atoms with E-state index in [-0.39, 0.29) is 16.8 Å². The lowest BCUT2D eigenvalue weighted by atomic mass is 10.2. The van der Waals surface area contributed by atoms with Gasteiger partial charge in [0.25, 0.3) is 0 Å². The highest BCUT2D eigenvalue weighted by atomic mass is 32.2. The number of anilines is 1. The van der Waals surface area contributed by atoms with Crippen LogP contribution in [0.25, 0.3) is 11.0 Å². The van der Waals surface area contributed by atoms with Crippen LogP contribution in [-0.4, -0.2) is 35.9 Å². The summed E-state index contributed by atoms with van der Waals surface area (Å²) in [5.74, 6) is 1.54. The van der Waals surface area contributed by atoms with Gasteiger partial charge in [-0.2, -0.15) is 0 Å². The lowest BCUT2D eigenvalue weighted by molar-refractivity contribution is -0.115. The highest BCUT2D eigenvalue weighted by molar-refractivity contribution is 8.00. The summed E-state index contributed by atoms with van der Waals surface area (Å²) >= 11 is 1.45. The number of amides is 1. The second-order valence-corrected chi connectivity index (χ2v) is 8.61. The molecule has 3 N–H and O–H groups in total. The summed E-state index contributed by atoms with van der Waals surface area (Å²) in [4.78, 5) is 29.4. The van der Waals surface area contributed by atoms with Crippen LogP contribution in [0.15, 0.2) is 28.2 Å². The minimum absolute atomic E-state index is 0.101. The number of nitrogens with one attached hydrogen (secondary N) is 3. The lowest BCUT2D eigenvalue weighted by Crippen LogP contribution is -2.23. The second kappa shape index (κ2) is 6.26. The zero-order valence-electron chi connectivity index (χ0n) is 14.9. The Morgan fingerprint density at radius 2 is 2.00 bits per heavy atom. The largest absolute Gasteiger partial charge is 0.325 e. The van der Waals surface area contributed by atoms with Crippen molar-refractivity contribution in [1.82, 2.24) is 24.7 Å². The molecular weight excluding hydrogens is 364 g/mol. The van der Waals surface area contributed by atoms with Crippen molar-refractivity contribution < 1.29 is 4.79 Å². The molecular formula is C18H20N6O2S. The van der Waals surface area contributed by atoms with Gasteiger partial charge in [0.15, 0.2) is 5.16 Å². The number of aromatic nitrogens is 5. The van der Waals surface area contributed by atoms with Crippen molar-refractivity contribution in [2.24, 2.45) is 0 Å². The predicted octanol–water partition coefficient (Wildman–Crippen LogP) is 2.78. The van der Waals surface area contributed by atoms with Crippen molar-refractivity contribution in [2.75, 3.05) is 5.32 Å². The van der Waals surface area contributed by atoms with Crippen molar-refractivity contribution in [3.05, 3.63) is 34.5 Å². The number of thioether (sulfide) groups is 1. The molecule has 3 aromatic rings. The zero-order valence-corrected chi connectivity index (χ0v) is 15.7. The highest BCUT2D eigenvalue weighted by Gasteiger charge is 2.37. The van der Waals surface area contributed by atoms with Gasteiger partial charge in [-0.25, -0.2) is 4.79 Å². The minimum atomic E-state index is -0.306. The quantitative estimate of drug-likeness (QED) is 0.566. The molecule has 2 aliphatic rings. The van der Waals surface area contributed by atoms with Gasteiger partial charge < -0.3 is 19.9 Å². The Morgan fingerprint density at radius 3 is 2.74 bits per heavy atom. The van der Waals surface area contributed by atoms with E-state index in [4.69, 9.17) is 0 Å². The summed E-state index contributed by atoms with van der Waals surface area (Å²) in [6.45, 7) is 1.87. The minimum Gasteiger partial charge on any atom is -0.325 e. The topological polar surface area (TPSA) is 108 Å². The Hall–Kier alpha value is -2.55. The van der Waals surface area contributed by atoms with Crippen LogP contribution in [0.3, 0.4) is 0 Å². The monoisotopic (exact) mass is 384 g/mol. The van der Waals surface area contributed by atoms with Crippen molar-refractivity contribution in [3.63, 3.8) is 0 Å². The average Bonchev–Trinajstić information content (AvgIpc) is 3.56. The molecule has 8 nitrogen and oxygen atoms in total. The van der Waals surface area contributed by atoms with Crippen LogP contribution in [0, 0.1) is 0 Å². The van der Waals surface area contributed by atoms with E-state index in [1.807, 2.05) is 6.92 Å². The molecule has 5 rings (SSSR count). The third-order valence-electron chi connectivity index (χ3n) is 4.98. The van der Waals surface area contributed by atoms with E-state index in [9.17, 15) is 9.59 Å². The van der Waals surface area contributed by atoms with Gasteiger partial charge in [-0.3, -0.25) is 4.79 Å². The molecule has 1 atom stereocenters. The molecule has 2 heterocycles. The fraction of sp³-hybridized carbons (Fsp3) is 0.444. The van der Waals surface area contributed by atoms with Gasteiger partial charge in [-0.05, 0) is 50.8 Å². The number of aromatic amines is 2. The first kappa shape index (κ1) is 16.6. The van der Waals surface area contributed by atoms with E-state index in [2.05, 4.69) is 30.0 Å². The van der Waals surface area contributed by atoms with E-state index >= 15 is 0 Å². The number of hydrogen-bond acceptors (Lipinski definition) is 5. The van der Waals surface area contributed by atoms with Gasteiger partial charge in [0, 0.05) is 17.6 Å². The summed E-state index contributed by atoms with van der Waals surface area (Å²) in [5, 5.41) is 12.2. The van der Waals surface area contributed by atoms with Gasteiger partial charge in [-0.1, -0.05) is 11.8 Å². The Balaban J connectivity index is 1.31. The highest BCUT2D eigenvalue weighted by Crippen LogP contribution is 2.46. The van der Waals surface area contributed by atoms with E-state index in [0.717, 1.165) is 11.0 Å². The van der Waals surface area contributed by atoms with E-state index in [1.165, 1.54) is 37.4 Å². The lowest BCUT2D eigenvalue weighted by Gasteiger charge is -2.13. The van der Waals surface area contributed by atoms with Crippen molar-refractivity contribution in [3.8, 4) is 0 Å². The number of fused-ring (bicyclic) bond motifs is 1. The molecule has 0 unspecified atom stereocenters. The van der Waals surface area contributed by atoms with Crippen LogP contribution in [0.1, 0.15) is 50.4 Å². The summed E-state index contributed by atoms with van der Waals surface area (Å²) in [6, 6.07) is 5.80. The third-order valence-corrected chi connectivity index (χ3v) is 6.04. The fourth-order valence-corrected chi connectivity index (χ4v) is 4.16. The van der Waals surface area contributed by atoms with Gasteiger partial charge in [0.05, 0.1) is 16.3 Å². The molecule has 1 aromatic carbocycles. The van der Waals surface area contributed by atoms with Crippen LogP contribution in [0.2, 0.25) is 0 Å². The predicted molar refractivity (Wildman–Crippen MR) is 103 cm³/mol. The van der Waals surface area contributed by atoms with Crippen LogP contribution in [-0.2, 0) is 4.79 Å². The van der Waals surface area contributed by atoms with Crippen LogP contribution < -0.4 is 11.0 Å². The summed E-state index contributed by atoms with van der Waals surface area (Å²) in [5.41, 5.74) is 1.77. The summed E-state index contributed by atoms with van der Waals surface area (Å²) in [7, 11) is 0. The van der Waals surface area contributed by atoms with Gasteiger partial charge in [0.2, 0.25) is 5.91 Å². The second-order valence-electron chi connectivity index (χ2n) is 7.31. The summed E-state index contributed by atoms with van der Waals surface area (Å²) in [6.07, 6.45) is 4.71. The van der Waals surface area contributed by atoms with Crippen molar-refractivity contribution in [2.45, 2.75) is 55.0 Å². The Bertz CT molecular complexity index is 1080. The maximum absolute atomic E-state index is 12.6. The number of rotatable bonds is 6. The maximum atomic E-state index is 12.6. The molecule has 140 valence electrons. The molecule has 0 spiro atoms. The molecule has 2 saturated carbocycles. The SMILES string of the molecule is C[C@@H](Sc1nnc(C2CC2)n1C1CC1)C(=O)Nc1ccc2[nH]c(=O)[nH]c2c1. The van der Waals surface area contributed by atoms with E-state index in [0.29, 0.717) is 28.7 Å². The number of H-pyrrole nitrogens is 2. The molecule has 0 saturated heterocycles. The maximum Gasteiger partial charge on any atom is 0.323 e. The zero-order chi connectivity index (χ0) is 18.5. The van der Waals surface area contributed by atoms with Gasteiger partial charge >= 0.3 is 5.69 Å². The van der Waals surface area contributed by atoms with E-state index < -0.39 is 0 Å². The summed E-state index contributed by atoms with van der Waals surface area (Å²) < 4.78 is 2.25. The molecule has 2 fully saturated rings. The normalized spacial score (nSPS) is 18.0. The number of nitrogens with zero attached hydrogens (tertiary/aromatic N) is 3. The molecule has 2 aromatic heterocycles. The number of carbonyl (C=O) groups excluding carboxylic acids is 1. The number of benzene rings is 1. The molecule has 0 bridgehead atoms. The standard InChI is InChI=1S/C18H20N6O2S/c1-9(16(25)19-11-4-7-13-14(8-11)21-17(26)20-13)27-18-23-22-15(10-2-3-10)24(18)12-5-6-12/h4,7-10,12H,2-3,5-6H2,1H3,(H,19,25)(H2,20,21,26)/t9-/m1/s1. The van der Waals surface area contributed by atoms with Crippen LogP contribution in [0.4, 0.5) is 5.69 Å². The number of imidazole rings is 1. The number of carbonyl (C=O) groups is 1. The van der Waals surface area contributed by atoms with Gasteiger partial charge in [0.1, 0.15) is 5.82 Å². The smallest absolute Gasteiger partial charge is 0.323 e. The molecule has 1 amide bonds. The molecule has 0 radical (unpaired) electrons. The first-order valence-electron chi connectivity index (χ1n) is 9.23.